The van der Waals surface area contributed by atoms with Crippen LogP contribution in [0.1, 0.15) is 12.0 Å². The minimum absolute atomic E-state index is 0.0484. The van der Waals surface area contributed by atoms with Gasteiger partial charge in [0, 0.05) is 41.1 Å². The number of benzene rings is 2. The molecule has 0 bridgehead atoms. The molecule has 0 saturated heterocycles. The molecule has 0 radical (unpaired) electrons. The number of rotatable bonds is 8. The third kappa shape index (κ3) is 4.63. The number of hydrogen-bond donors (Lipinski definition) is 1. The third-order valence-corrected chi connectivity index (χ3v) is 5.22. The van der Waals surface area contributed by atoms with E-state index in [4.69, 9.17) is 9.47 Å². The number of methoxy groups -OCH3 is 2. The molecule has 0 atom stereocenters. The molecule has 142 valence electrons. The number of carbonyl (C=O) groups is 1. The first-order valence-corrected chi connectivity index (χ1v) is 9.62. The summed E-state index contributed by atoms with van der Waals surface area (Å²) in [5.41, 5.74) is 2.22. The highest BCUT2D eigenvalue weighted by molar-refractivity contribution is 9.10. The molecule has 0 spiro atoms. The zero-order valence-corrected chi connectivity index (χ0v) is 17.1. The Bertz CT molecular complexity index is 936. The predicted molar refractivity (Wildman–Crippen MR) is 111 cm³/mol. The molecule has 1 N–H and O–H groups in total. The Morgan fingerprint density at radius 3 is 2.70 bits per heavy atom. The van der Waals surface area contributed by atoms with Crippen molar-refractivity contribution in [2.24, 2.45) is 0 Å². The van der Waals surface area contributed by atoms with Crippen molar-refractivity contribution in [2.75, 3.05) is 20.8 Å². The van der Waals surface area contributed by atoms with Gasteiger partial charge in [-0.25, -0.2) is 0 Å². The molecule has 2 aromatic carbocycles. The van der Waals surface area contributed by atoms with Crippen LogP contribution >= 0.6 is 15.9 Å². The van der Waals surface area contributed by atoms with E-state index in [2.05, 4.69) is 37.9 Å². The summed E-state index contributed by atoms with van der Waals surface area (Å²) >= 11 is 3.56. The first-order chi connectivity index (χ1) is 13.1. The maximum absolute atomic E-state index is 12.2. The van der Waals surface area contributed by atoms with Crippen LogP contribution in [0.25, 0.3) is 10.9 Å². The SMILES string of the molecule is COc1ccc(CCNC(=O)CCn2ccc3c(Br)cccc32)cc1OC. The van der Waals surface area contributed by atoms with Gasteiger partial charge in [-0.3, -0.25) is 4.79 Å². The molecule has 1 amide bonds. The van der Waals surface area contributed by atoms with Crippen LogP contribution in [0, 0.1) is 0 Å². The van der Waals surface area contributed by atoms with Gasteiger partial charge < -0.3 is 19.4 Å². The molecular weight excluding hydrogens is 408 g/mol. The molecule has 6 heteroatoms. The van der Waals surface area contributed by atoms with Crippen molar-refractivity contribution < 1.29 is 14.3 Å². The van der Waals surface area contributed by atoms with Crippen LogP contribution < -0.4 is 14.8 Å². The smallest absolute Gasteiger partial charge is 0.221 e. The molecule has 0 saturated carbocycles. The molecule has 0 unspecified atom stereocenters. The van der Waals surface area contributed by atoms with Crippen LogP contribution in [0.5, 0.6) is 11.5 Å². The van der Waals surface area contributed by atoms with Crippen molar-refractivity contribution in [2.45, 2.75) is 19.4 Å². The molecule has 0 aliphatic heterocycles. The standard InChI is InChI=1S/C21H23BrN2O3/c1-26-19-7-6-15(14-20(19)27-2)8-11-23-21(25)10-13-24-12-9-16-17(22)4-3-5-18(16)24/h3-7,9,12,14H,8,10-11,13H2,1-2H3,(H,23,25). The number of hydrogen-bond acceptors (Lipinski definition) is 3. The fraction of sp³-hybridized carbons (Fsp3) is 0.286. The number of carbonyl (C=O) groups excluding carboxylic acids is 1. The number of fused-ring (bicyclic) bond motifs is 1. The van der Waals surface area contributed by atoms with Crippen molar-refractivity contribution in [3.63, 3.8) is 0 Å². The van der Waals surface area contributed by atoms with Gasteiger partial charge in [0.05, 0.1) is 14.2 Å². The average molecular weight is 431 g/mol. The van der Waals surface area contributed by atoms with E-state index in [1.807, 2.05) is 36.5 Å². The molecule has 3 rings (SSSR count). The Hall–Kier alpha value is -2.47. The van der Waals surface area contributed by atoms with Crippen molar-refractivity contribution in [3.05, 3.63) is 58.7 Å². The van der Waals surface area contributed by atoms with Gasteiger partial charge in [0.2, 0.25) is 5.91 Å². The fourth-order valence-electron chi connectivity index (χ4n) is 3.07. The minimum atomic E-state index is 0.0484. The van der Waals surface area contributed by atoms with Gasteiger partial charge in [0.25, 0.3) is 0 Å². The molecule has 3 aromatic rings. The van der Waals surface area contributed by atoms with Gasteiger partial charge in [-0.05, 0) is 42.3 Å². The molecule has 1 heterocycles. The number of nitrogens with one attached hydrogen (secondary N) is 1. The van der Waals surface area contributed by atoms with Gasteiger partial charge in [-0.2, -0.15) is 0 Å². The summed E-state index contributed by atoms with van der Waals surface area (Å²) < 4.78 is 13.7. The Morgan fingerprint density at radius 2 is 1.93 bits per heavy atom. The molecule has 0 fully saturated rings. The summed E-state index contributed by atoms with van der Waals surface area (Å²) in [6.45, 7) is 1.24. The lowest BCUT2D eigenvalue weighted by Crippen LogP contribution is -2.26. The fourth-order valence-corrected chi connectivity index (χ4v) is 3.56. The lowest BCUT2D eigenvalue weighted by molar-refractivity contribution is -0.121. The quantitative estimate of drug-likeness (QED) is 0.583. The van der Waals surface area contributed by atoms with Gasteiger partial charge in [0.1, 0.15) is 0 Å². The molecule has 27 heavy (non-hydrogen) atoms. The number of halogens is 1. The maximum atomic E-state index is 12.2. The van der Waals surface area contributed by atoms with Gasteiger partial charge in [-0.1, -0.05) is 28.1 Å². The lowest BCUT2D eigenvalue weighted by atomic mass is 10.1. The van der Waals surface area contributed by atoms with Gasteiger partial charge in [-0.15, -0.1) is 0 Å². The summed E-state index contributed by atoms with van der Waals surface area (Å²) in [5, 5.41) is 4.14. The van der Waals surface area contributed by atoms with Crippen molar-refractivity contribution >= 4 is 32.7 Å². The second-order valence-corrected chi connectivity index (χ2v) is 7.08. The van der Waals surface area contributed by atoms with Crippen LogP contribution in [-0.4, -0.2) is 31.2 Å². The number of ether oxygens (including phenoxy) is 2. The first kappa shape index (κ1) is 19.3. The molecule has 0 aliphatic rings. The normalized spacial score (nSPS) is 10.8. The van der Waals surface area contributed by atoms with Crippen molar-refractivity contribution in [1.82, 2.24) is 9.88 Å². The van der Waals surface area contributed by atoms with Gasteiger partial charge >= 0.3 is 0 Å². The zero-order valence-electron chi connectivity index (χ0n) is 15.5. The monoisotopic (exact) mass is 430 g/mol. The Balaban J connectivity index is 1.49. The van der Waals surface area contributed by atoms with E-state index in [0.29, 0.717) is 31.0 Å². The average Bonchev–Trinajstić information content (AvgIpc) is 3.10. The van der Waals surface area contributed by atoms with Crippen LogP contribution in [0.15, 0.2) is 53.1 Å². The summed E-state index contributed by atoms with van der Waals surface area (Å²) in [4.78, 5) is 12.2. The van der Waals surface area contributed by atoms with Crippen LogP contribution in [0.3, 0.4) is 0 Å². The van der Waals surface area contributed by atoms with E-state index in [9.17, 15) is 4.79 Å². The number of aromatic nitrogens is 1. The maximum Gasteiger partial charge on any atom is 0.221 e. The molecule has 0 aliphatic carbocycles. The zero-order chi connectivity index (χ0) is 19.2. The van der Waals surface area contributed by atoms with Crippen LogP contribution in [0.2, 0.25) is 0 Å². The number of aryl methyl sites for hydroxylation is 1. The Morgan fingerprint density at radius 1 is 1.11 bits per heavy atom. The highest BCUT2D eigenvalue weighted by atomic mass is 79.9. The van der Waals surface area contributed by atoms with Crippen LogP contribution in [-0.2, 0) is 17.8 Å². The van der Waals surface area contributed by atoms with Crippen LogP contribution in [0.4, 0.5) is 0 Å². The van der Waals surface area contributed by atoms with E-state index < -0.39 is 0 Å². The summed E-state index contributed by atoms with van der Waals surface area (Å²) in [5.74, 6) is 1.45. The summed E-state index contributed by atoms with van der Waals surface area (Å²) in [6, 6.07) is 14.0. The second-order valence-electron chi connectivity index (χ2n) is 6.22. The first-order valence-electron chi connectivity index (χ1n) is 8.83. The van der Waals surface area contributed by atoms with Crippen molar-refractivity contribution in [3.8, 4) is 11.5 Å². The molecular formula is C21H23BrN2O3. The number of amides is 1. The van der Waals surface area contributed by atoms with E-state index in [-0.39, 0.29) is 5.91 Å². The van der Waals surface area contributed by atoms with Crippen molar-refractivity contribution in [1.29, 1.82) is 0 Å². The van der Waals surface area contributed by atoms with E-state index in [1.54, 1.807) is 14.2 Å². The van der Waals surface area contributed by atoms with E-state index >= 15 is 0 Å². The van der Waals surface area contributed by atoms with Gasteiger partial charge in [0.15, 0.2) is 11.5 Å². The number of nitrogens with zero attached hydrogens (tertiary/aromatic N) is 1. The highest BCUT2D eigenvalue weighted by Gasteiger charge is 2.08. The second kappa shape index (κ2) is 8.95. The molecule has 1 aromatic heterocycles. The topological polar surface area (TPSA) is 52.5 Å². The lowest BCUT2D eigenvalue weighted by Gasteiger charge is -2.10. The summed E-state index contributed by atoms with van der Waals surface area (Å²) in [7, 11) is 3.23. The predicted octanol–water partition coefficient (Wildman–Crippen LogP) is 4.17. The Labute approximate surface area is 167 Å². The van der Waals surface area contributed by atoms with E-state index in [0.717, 1.165) is 27.4 Å². The summed E-state index contributed by atoms with van der Waals surface area (Å²) in [6.07, 6.45) is 3.21. The molecule has 5 nitrogen and oxygen atoms in total. The third-order valence-electron chi connectivity index (χ3n) is 4.52. The Kier molecular flexibility index (Phi) is 6.40. The minimum Gasteiger partial charge on any atom is -0.493 e. The highest BCUT2D eigenvalue weighted by Crippen LogP contribution is 2.27. The van der Waals surface area contributed by atoms with E-state index in [1.165, 1.54) is 0 Å². The largest absolute Gasteiger partial charge is 0.493 e.